The third-order valence-corrected chi connectivity index (χ3v) is 5.49. The Hall–Kier alpha value is -0.950. The molecule has 32 heavy (non-hydrogen) atoms. The van der Waals surface area contributed by atoms with Gasteiger partial charge in [0, 0.05) is 19.5 Å². The van der Waals surface area contributed by atoms with Crippen molar-refractivity contribution in [3.05, 3.63) is 12.2 Å². The summed E-state index contributed by atoms with van der Waals surface area (Å²) in [5.41, 5.74) is 0. The van der Waals surface area contributed by atoms with E-state index in [4.69, 9.17) is 19.7 Å². The Kier molecular flexibility index (Phi) is 25.5. The van der Waals surface area contributed by atoms with Crippen molar-refractivity contribution in [2.75, 3.05) is 52.7 Å². The van der Waals surface area contributed by atoms with Crippen LogP contribution < -0.4 is 0 Å². The van der Waals surface area contributed by atoms with Crippen LogP contribution >= 0.6 is 0 Å². The fraction of sp³-hybridized carbons (Fsp3) is 0.885. The third kappa shape index (κ3) is 22.3. The molecule has 0 rings (SSSR count). The van der Waals surface area contributed by atoms with E-state index in [-0.39, 0.29) is 32.3 Å². The number of allylic oxidation sites excluding steroid dienone is 2. The zero-order chi connectivity index (χ0) is 23.5. The molecular weight excluding hydrogens is 406 g/mol. The summed E-state index contributed by atoms with van der Waals surface area (Å²) >= 11 is 0. The number of ether oxygens (including phenoxy) is 2. The van der Waals surface area contributed by atoms with Gasteiger partial charge in [-0.25, -0.2) is 0 Å². The minimum atomic E-state index is -0.0114. The normalized spacial score (nSPS) is 11.5. The van der Waals surface area contributed by atoms with Crippen LogP contribution in [0.15, 0.2) is 12.2 Å². The van der Waals surface area contributed by atoms with Gasteiger partial charge in [-0.3, -0.25) is 4.79 Å². The monoisotopic (exact) mass is 457 g/mol. The summed E-state index contributed by atoms with van der Waals surface area (Å²) in [4.78, 5) is 14.3. The molecule has 0 saturated carbocycles. The van der Waals surface area contributed by atoms with Crippen molar-refractivity contribution in [2.45, 2.75) is 96.8 Å². The molecule has 0 aliphatic rings. The van der Waals surface area contributed by atoms with Gasteiger partial charge in [0.2, 0.25) is 5.91 Å². The first kappa shape index (κ1) is 31.0. The van der Waals surface area contributed by atoms with E-state index in [2.05, 4.69) is 19.1 Å². The summed E-state index contributed by atoms with van der Waals surface area (Å²) in [7, 11) is 0. The van der Waals surface area contributed by atoms with Gasteiger partial charge >= 0.3 is 0 Å². The highest BCUT2D eigenvalue weighted by Gasteiger charge is 2.13. The molecule has 0 heterocycles. The fourth-order valence-electron chi connectivity index (χ4n) is 3.55. The van der Waals surface area contributed by atoms with E-state index < -0.39 is 0 Å². The molecule has 0 atom stereocenters. The van der Waals surface area contributed by atoms with Crippen LogP contribution in [0.5, 0.6) is 0 Å². The van der Waals surface area contributed by atoms with Crippen LogP contribution in [-0.4, -0.2) is 73.8 Å². The van der Waals surface area contributed by atoms with Gasteiger partial charge in [-0.15, -0.1) is 0 Å². The van der Waals surface area contributed by atoms with Gasteiger partial charge < -0.3 is 24.6 Å². The average Bonchev–Trinajstić information content (AvgIpc) is 2.80. The highest BCUT2D eigenvalue weighted by Crippen LogP contribution is 2.10. The van der Waals surface area contributed by atoms with Crippen molar-refractivity contribution in [1.29, 1.82) is 0 Å². The van der Waals surface area contributed by atoms with Gasteiger partial charge in [0.1, 0.15) is 0 Å². The summed E-state index contributed by atoms with van der Waals surface area (Å²) in [5.74, 6) is 0.128. The van der Waals surface area contributed by atoms with Crippen LogP contribution in [0.25, 0.3) is 0 Å². The first-order chi connectivity index (χ1) is 15.8. The second-order valence-electron chi connectivity index (χ2n) is 8.39. The Morgan fingerprint density at radius 3 is 1.66 bits per heavy atom. The predicted molar refractivity (Wildman–Crippen MR) is 132 cm³/mol. The lowest BCUT2D eigenvalue weighted by Gasteiger charge is -2.22. The van der Waals surface area contributed by atoms with E-state index in [1.807, 2.05) is 0 Å². The molecule has 0 aliphatic heterocycles. The number of hydrogen-bond acceptors (Lipinski definition) is 5. The molecule has 6 nitrogen and oxygen atoms in total. The summed E-state index contributed by atoms with van der Waals surface area (Å²) < 4.78 is 10.6. The largest absolute Gasteiger partial charge is 0.394 e. The third-order valence-electron chi connectivity index (χ3n) is 5.49. The molecule has 0 unspecified atom stereocenters. The van der Waals surface area contributed by atoms with Crippen molar-refractivity contribution in [2.24, 2.45) is 0 Å². The fourth-order valence-corrected chi connectivity index (χ4v) is 3.55. The van der Waals surface area contributed by atoms with E-state index in [9.17, 15) is 4.79 Å². The molecule has 0 aromatic carbocycles. The van der Waals surface area contributed by atoms with Crippen molar-refractivity contribution in [3.8, 4) is 0 Å². The van der Waals surface area contributed by atoms with Crippen molar-refractivity contribution >= 4 is 5.91 Å². The Morgan fingerprint density at radius 2 is 1.16 bits per heavy atom. The van der Waals surface area contributed by atoms with Crippen molar-refractivity contribution < 1.29 is 24.5 Å². The molecule has 0 saturated heterocycles. The lowest BCUT2D eigenvalue weighted by molar-refractivity contribution is -0.133. The Labute approximate surface area is 197 Å². The molecule has 0 radical (unpaired) electrons. The molecule has 0 spiro atoms. The van der Waals surface area contributed by atoms with E-state index in [0.29, 0.717) is 32.7 Å². The summed E-state index contributed by atoms with van der Waals surface area (Å²) in [6.45, 7) is 4.66. The van der Waals surface area contributed by atoms with Crippen LogP contribution in [0.4, 0.5) is 0 Å². The van der Waals surface area contributed by atoms with Gasteiger partial charge in [0.25, 0.3) is 0 Å². The summed E-state index contributed by atoms with van der Waals surface area (Å²) in [6, 6.07) is 0. The molecule has 0 aromatic heterocycles. The summed E-state index contributed by atoms with van der Waals surface area (Å²) in [6.07, 6.45) is 21.4. The van der Waals surface area contributed by atoms with Crippen molar-refractivity contribution in [1.82, 2.24) is 4.90 Å². The van der Waals surface area contributed by atoms with E-state index >= 15 is 0 Å². The molecule has 0 aromatic rings. The number of aliphatic hydroxyl groups excluding tert-OH is 2. The van der Waals surface area contributed by atoms with Gasteiger partial charge in [-0.1, -0.05) is 70.4 Å². The molecule has 190 valence electrons. The van der Waals surface area contributed by atoms with Gasteiger partial charge in [-0.2, -0.15) is 0 Å². The van der Waals surface area contributed by atoms with Gasteiger partial charge in [0.05, 0.1) is 39.6 Å². The first-order valence-electron chi connectivity index (χ1n) is 13.1. The zero-order valence-corrected chi connectivity index (χ0v) is 20.8. The SMILES string of the molecule is CCCCCCCC/C=C/CCCCCCCC(=O)N(CCOCCO)CCOCCO. The Bertz CT molecular complexity index is 405. The number of rotatable bonds is 25. The van der Waals surface area contributed by atoms with E-state index in [1.165, 1.54) is 70.6 Å². The number of hydrogen-bond donors (Lipinski definition) is 2. The number of aliphatic hydroxyl groups is 2. The van der Waals surface area contributed by atoms with Crippen LogP contribution in [-0.2, 0) is 14.3 Å². The maximum absolute atomic E-state index is 12.5. The van der Waals surface area contributed by atoms with Crippen LogP contribution in [0, 0.1) is 0 Å². The first-order valence-corrected chi connectivity index (χ1v) is 13.1. The Balaban J connectivity index is 3.72. The number of nitrogens with zero attached hydrogens (tertiary/aromatic N) is 1. The van der Waals surface area contributed by atoms with E-state index in [1.54, 1.807) is 4.90 Å². The second kappa shape index (κ2) is 26.3. The minimum Gasteiger partial charge on any atom is -0.394 e. The quantitative estimate of drug-likeness (QED) is 0.151. The molecule has 0 aliphatic carbocycles. The number of carbonyl (C=O) groups excluding carboxylic acids is 1. The van der Waals surface area contributed by atoms with Gasteiger partial charge in [0.15, 0.2) is 0 Å². The maximum Gasteiger partial charge on any atom is 0.222 e. The second-order valence-corrected chi connectivity index (χ2v) is 8.39. The number of carbonyl (C=O) groups is 1. The Morgan fingerprint density at radius 1 is 0.688 bits per heavy atom. The smallest absolute Gasteiger partial charge is 0.222 e. The summed E-state index contributed by atoms with van der Waals surface area (Å²) in [5, 5.41) is 17.6. The van der Waals surface area contributed by atoms with Crippen LogP contribution in [0.2, 0.25) is 0 Å². The lowest BCUT2D eigenvalue weighted by atomic mass is 10.1. The molecule has 2 N–H and O–H groups in total. The molecule has 1 amide bonds. The predicted octanol–water partition coefficient (Wildman–Crippen LogP) is 4.87. The zero-order valence-electron chi connectivity index (χ0n) is 20.8. The van der Waals surface area contributed by atoms with Gasteiger partial charge in [-0.05, 0) is 32.1 Å². The van der Waals surface area contributed by atoms with E-state index in [0.717, 1.165) is 12.8 Å². The minimum absolute atomic E-state index is 0.0114. The molecular formula is C26H51NO5. The molecule has 0 bridgehead atoms. The lowest BCUT2D eigenvalue weighted by Crippen LogP contribution is -2.36. The van der Waals surface area contributed by atoms with Crippen molar-refractivity contribution in [3.63, 3.8) is 0 Å². The molecule has 0 fully saturated rings. The standard InChI is InChI=1S/C26H51NO5/c1-2-3-4-5-6-7-8-9-10-11-12-13-14-15-16-17-26(30)27(18-22-31-24-20-28)19-23-32-25-21-29/h9-10,28-29H,2-8,11-25H2,1H3/b10-9+. The maximum atomic E-state index is 12.5. The number of amides is 1. The average molecular weight is 458 g/mol. The highest BCUT2D eigenvalue weighted by molar-refractivity contribution is 5.76. The van der Waals surface area contributed by atoms with Crippen LogP contribution in [0.3, 0.4) is 0 Å². The topological polar surface area (TPSA) is 79.2 Å². The van der Waals surface area contributed by atoms with Crippen LogP contribution in [0.1, 0.15) is 96.8 Å². The highest BCUT2D eigenvalue weighted by atomic mass is 16.5. The molecule has 6 heteroatoms. The number of unbranched alkanes of at least 4 members (excludes halogenated alkanes) is 11.